The first kappa shape index (κ1) is 14.4. The van der Waals surface area contributed by atoms with Gasteiger partial charge in [0, 0.05) is 31.8 Å². The minimum Gasteiger partial charge on any atom is -0.342 e. The molecule has 1 aliphatic rings. The SMILES string of the molecule is CCCN(CCCN)C(=O)C1CCC(F)(F)C1. The first-order valence-corrected chi connectivity index (χ1v) is 6.37. The van der Waals surface area contributed by atoms with E-state index in [4.69, 9.17) is 5.73 Å². The van der Waals surface area contributed by atoms with Crippen molar-refractivity contribution < 1.29 is 13.6 Å². The predicted molar refractivity (Wildman–Crippen MR) is 62.8 cm³/mol. The van der Waals surface area contributed by atoms with Gasteiger partial charge in [-0.25, -0.2) is 8.78 Å². The standard InChI is InChI=1S/C12H22F2N2O/c1-2-7-16(8-3-6-15)11(17)10-4-5-12(13,14)9-10/h10H,2-9,15H2,1H3. The number of carbonyl (C=O) groups excluding carboxylic acids is 1. The van der Waals surface area contributed by atoms with Crippen LogP contribution in [0.5, 0.6) is 0 Å². The van der Waals surface area contributed by atoms with Gasteiger partial charge in [-0.2, -0.15) is 0 Å². The first-order chi connectivity index (χ1) is 8.00. The van der Waals surface area contributed by atoms with Gasteiger partial charge in [0.2, 0.25) is 11.8 Å². The van der Waals surface area contributed by atoms with Crippen LogP contribution in [0.4, 0.5) is 8.78 Å². The van der Waals surface area contributed by atoms with Gasteiger partial charge in [-0.15, -0.1) is 0 Å². The zero-order valence-electron chi connectivity index (χ0n) is 10.4. The van der Waals surface area contributed by atoms with Crippen LogP contribution in [0.2, 0.25) is 0 Å². The number of nitrogens with two attached hydrogens (primary N) is 1. The van der Waals surface area contributed by atoms with Crippen molar-refractivity contribution in [3.05, 3.63) is 0 Å². The normalized spacial score (nSPS) is 22.7. The molecule has 1 amide bonds. The van der Waals surface area contributed by atoms with Crippen molar-refractivity contribution in [2.24, 2.45) is 11.7 Å². The molecule has 0 heterocycles. The zero-order valence-corrected chi connectivity index (χ0v) is 10.4. The third-order valence-corrected chi connectivity index (χ3v) is 3.19. The third-order valence-electron chi connectivity index (χ3n) is 3.19. The summed E-state index contributed by atoms with van der Waals surface area (Å²) in [5.41, 5.74) is 5.41. The summed E-state index contributed by atoms with van der Waals surface area (Å²) in [6, 6.07) is 0. The Morgan fingerprint density at radius 3 is 2.65 bits per heavy atom. The molecule has 1 unspecified atom stereocenters. The van der Waals surface area contributed by atoms with Gasteiger partial charge in [-0.1, -0.05) is 6.92 Å². The van der Waals surface area contributed by atoms with Gasteiger partial charge in [-0.05, 0) is 25.8 Å². The highest BCUT2D eigenvalue weighted by molar-refractivity contribution is 5.79. The lowest BCUT2D eigenvalue weighted by molar-refractivity contribution is -0.136. The van der Waals surface area contributed by atoms with Crippen LogP contribution < -0.4 is 5.73 Å². The van der Waals surface area contributed by atoms with Crippen LogP contribution >= 0.6 is 0 Å². The number of halogens is 2. The summed E-state index contributed by atoms with van der Waals surface area (Å²) >= 11 is 0. The molecule has 0 aromatic rings. The fourth-order valence-electron chi connectivity index (χ4n) is 2.30. The molecular formula is C12H22F2N2O. The molecule has 17 heavy (non-hydrogen) atoms. The quantitative estimate of drug-likeness (QED) is 0.781. The molecule has 0 aromatic carbocycles. The number of amides is 1. The van der Waals surface area contributed by atoms with E-state index in [1.54, 1.807) is 4.90 Å². The molecule has 0 bridgehead atoms. The molecule has 2 N–H and O–H groups in total. The van der Waals surface area contributed by atoms with E-state index in [1.807, 2.05) is 6.92 Å². The van der Waals surface area contributed by atoms with E-state index < -0.39 is 11.8 Å². The van der Waals surface area contributed by atoms with Gasteiger partial charge in [0.1, 0.15) is 0 Å². The van der Waals surface area contributed by atoms with E-state index in [1.165, 1.54) is 0 Å². The van der Waals surface area contributed by atoms with Crippen LogP contribution in [-0.4, -0.2) is 36.4 Å². The maximum absolute atomic E-state index is 13.1. The Hall–Kier alpha value is -0.710. The number of hydrogen-bond acceptors (Lipinski definition) is 2. The molecule has 1 rings (SSSR count). The van der Waals surface area contributed by atoms with Crippen LogP contribution in [0, 0.1) is 5.92 Å². The van der Waals surface area contributed by atoms with Crippen LogP contribution in [0.1, 0.15) is 39.0 Å². The van der Waals surface area contributed by atoms with E-state index in [-0.39, 0.29) is 18.7 Å². The summed E-state index contributed by atoms with van der Waals surface area (Å²) in [6.07, 6.45) is 1.46. The van der Waals surface area contributed by atoms with Crippen molar-refractivity contribution in [2.75, 3.05) is 19.6 Å². The minimum absolute atomic E-state index is 0.113. The number of carbonyl (C=O) groups is 1. The highest BCUT2D eigenvalue weighted by Gasteiger charge is 2.43. The van der Waals surface area contributed by atoms with E-state index >= 15 is 0 Å². The summed E-state index contributed by atoms with van der Waals surface area (Å²) in [4.78, 5) is 13.8. The summed E-state index contributed by atoms with van der Waals surface area (Å²) in [7, 11) is 0. The first-order valence-electron chi connectivity index (χ1n) is 6.37. The number of rotatable bonds is 6. The number of hydrogen-bond donors (Lipinski definition) is 1. The molecule has 1 fully saturated rings. The molecule has 1 atom stereocenters. The van der Waals surface area contributed by atoms with Gasteiger partial charge in [0.15, 0.2) is 0 Å². The van der Waals surface area contributed by atoms with Gasteiger partial charge >= 0.3 is 0 Å². The van der Waals surface area contributed by atoms with Crippen molar-refractivity contribution in [1.82, 2.24) is 4.90 Å². The Morgan fingerprint density at radius 2 is 2.18 bits per heavy atom. The molecule has 0 aromatic heterocycles. The van der Waals surface area contributed by atoms with Crippen LogP contribution in [-0.2, 0) is 4.79 Å². The molecule has 100 valence electrons. The highest BCUT2D eigenvalue weighted by atomic mass is 19.3. The molecule has 1 saturated carbocycles. The van der Waals surface area contributed by atoms with Crippen LogP contribution in [0.15, 0.2) is 0 Å². The second kappa shape index (κ2) is 6.28. The van der Waals surface area contributed by atoms with Crippen molar-refractivity contribution in [1.29, 1.82) is 0 Å². The van der Waals surface area contributed by atoms with E-state index in [0.29, 0.717) is 26.1 Å². The number of alkyl halides is 2. The predicted octanol–water partition coefficient (Wildman–Crippen LogP) is 2.01. The Morgan fingerprint density at radius 1 is 1.47 bits per heavy atom. The molecule has 0 radical (unpaired) electrons. The fraction of sp³-hybridized carbons (Fsp3) is 0.917. The minimum atomic E-state index is -2.65. The smallest absolute Gasteiger partial charge is 0.248 e. The Labute approximate surface area is 101 Å². The van der Waals surface area contributed by atoms with Gasteiger partial charge in [0.25, 0.3) is 0 Å². The largest absolute Gasteiger partial charge is 0.342 e. The average molecular weight is 248 g/mol. The van der Waals surface area contributed by atoms with Gasteiger partial charge in [0.05, 0.1) is 0 Å². The Kier molecular flexibility index (Phi) is 5.31. The molecule has 0 spiro atoms. The molecule has 0 aliphatic heterocycles. The summed E-state index contributed by atoms with van der Waals surface area (Å²) in [5.74, 6) is -3.25. The van der Waals surface area contributed by atoms with Crippen molar-refractivity contribution in [3.63, 3.8) is 0 Å². The monoisotopic (exact) mass is 248 g/mol. The lowest BCUT2D eigenvalue weighted by atomic mass is 10.1. The summed E-state index contributed by atoms with van der Waals surface area (Å²) in [6.45, 7) is 3.73. The topological polar surface area (TPSA) is 46.3 Å². The molecular weight excluding hydrogens is 226 g/mol. The zero-order chi connectivity index (χ0) is 12.9. The molecule has 0 saturated heterocycles. The summed E-state index contributed by atoms with van der Waals surface area (Å²) < 4.78 is 26.1. The highest BCUT2D eigenvalue weighted by Crippen LogP contribution is 2.39. The Bertz CT molecular complexity index is 259. The van der Waals surface area contributed by atoms with Crippen molar-refractivity contribution in [2.45, 2.75) is 45.0 Å². The second-order valence-electron chi connectivity index (χ2n) is 4.76. The third kappa shape index (κ3) is 4.22. The maximum atomic E-state index is 13.1. The van der Waals surface area contributed by atoms with Crippen LogP contribution in [0.3, 0.4) is 0 Å². The molecule has 3 nitrogen and oxygen atoms in total. The lowest BCUT2D eigenvalue weighted by Gasteiger charge is -2.25. The summed E-state index contributed by atoms with van der Waals surface area (Å²) in [5, 5.41) is 0. The molecule has 1 aliphatic carbocycles. The number of nitrogens with zero attached hydrogens (tertiary/aromatic N) is 1. The van der Waals surface area contributed by atoms with Crippen molar-refractivity contribution in [3.8, 4) is 0 Å². The average Bonchev–Trinajstić information content (AvgIpc) is 2.64. The Balaban J connectivity index is 2.52. The van der Waals surface area contributed by atoms with E-state index in [2.05, 4.69) is 0 Å². The van der Waals surface area contributed by atoms with E-state index in [0.717, 1.165) is 12.8 Å². The fourth-order valence-corrected chi connectivity index (χ4v) is 2.30. The maximum Gasteiger partial charge on any atom is 0.248 e. The van der Waals surface area contributed by atoms with E-state index in [9.17, 15) is 13.6 Å². The second-order valence-corrected chi connectivity index (χ2v) is 4.76. The molecule has 5 heteroatoms. The van der Waals surface area contributed by atoms with Crippen molar-refractivity contribution >= 4 is 5.91 Å². The van der Waals surface area contributed by atoms with Crippen LogP contribution in [0.25, 0.3) is 0 Å². The lowest BCUT2D eigenvalue weighted by Crippen LogP contribution is -2.37. The van der Waals surface area contributed by atoms with Gasteiger partial charge < -0.3 is 10.6 Å². The van der Waals surface area contributed by atoms with Gasteiger partial charge in [-0.3, -0.25) is 4.79 Å².